The average molecular weight is 397 g/mol. The van der Waals surface area contributed by atoms with Crippen molar-refractivity contribution < 1.29 is 0 Å². The lowest BCUT2D eigenvalue weighted by molar-refractivity contribution is 0.191. The molecule has 0 saturated carbocycles. The summed E-state index contributed by atoms with van der Waals surface area (Å²) >= 11 is 6.06. The van der Waals surface area contributed by atoms with Crippen LogP contribution in [0.2, 0.25) is 5.02 Å². The molecule has 146 valence electrons. The molecule has 1 fully saturated rings. The van der Waals surface area contributed by atoms with Gasteiger partial charge in [0, 0.05) is 43.0 Å². The average Bonchev–Trinajstić information content (AvgIpc) is 2.72. The smallest absolute Gasteiger partial charge is 0.251 e. The molecule has 0 spiro atoms. The summed E-state index contributed by atoms with van der Waals surface area (Å²) in [7, 11) is 0. The van der Waals surface area contributed by atoms with Crippen molar-refractivity contribution in [3.8, 4) is 0 Å². The van der Waals surface area contributed by atoms with Crippen molar-refractivity contribution in [2.45, 2.75) is 32.0 Å². The molecule has 0 radical (unpaired) electrons. The summed E-state index contributed by atoms with van der Waals surface area (Å²) in [5.74, 6) is 0. The summed E-state index contributed by atoms with van der Waals surface area (Å²) in [6.45, 7) is 4.52. The van der Waals surface area contributed by atoms with Gasteiger partial charge in [-0.25, -0.2) is 0 Å². The van der Waals surface area contributed by atoms with E-state index in [2.05, 4.69) is 21.3 Å². The van der Waals surface area contributed by atoms with Crippen LogP contribution in [0.4, 0.5) is 0 Å². The maximum absolute atomic E-state index is 12.3. The minimum Gasteiger partial charge on any atom is -0.310 e. The van der Waals surface area contributed by atoms with Crippen molar-refractivity contribution in [2.24, 2.45) is 0 Å². The quantitative estimate of drug-likeness (QED) is 0.694. The lowest BCUT2D eigenvalue weighted by Crippen LogP contribution is -2.43. The molecule has 1 saturated heterocycles. The highest BCUT2D eigenvalue weighted by Crippen LogP contribution is 2.14. The Kier molecular flexibility index (Phi) is 6.05. The first kappa shape index (κ1) is 19.1. The first-order chi connectivity index (χ1) is 13.7. The highest BCUT2D eigenvalue weighted by Gasteiger charge is 2.18. The molecular formula is C22H25ClN4O. The van der Waals surface area contributed by atoms with E-state index in [1.165, 1.54) is 5.56 Å². The van der Waals surface area contributed by atoms with E-state index in [1.807, 2.05) is 34.9 Å². The normalized spacial score (nSPS) is 15.9. The molecular weight excluding hydrogens is 372 g/mol. The largest absolute Gasteiger partial charge is 0.310 e. The minimum atomic E-state index is 0.0403. The first-order valence-corrected chi connectivity index (χ1v) is 10.2. The Labute approximate surface area is 170 Å². The van der Waals surface area contributed by atoms with E-state index in [1.54, 1.807) is 18.3 Å². The maximum atomic E-state index is 12.3. The van der Waals surface area contributed by atoms with Crippen molar-refractivity contribution >= 4 is 22.6 Å². The Morgan fingerprint density at radius 1 is 1.07 bits per heavy atom. The van der Waals surface area contributed by atoms with E-state index in [0.29, 0.717) is 12.6 Å². The molecule has 1 aromatic carbocycles. The van der Waals surface area contributed by atoms with Gasteiger partial charge in [0.25, 0.3) is 5.56 Å². The maximum Gasteiger partial charge on any atom is 0.251 e. The highest BCUT2D eigenvalue weighted by molar-refractivity contribution is 6.30. The van der Waals surface area contributed by atoms with Crippen LogP contribution in [-0.2, 0) is 13.1 Å². The van der Waals surface area contributed by atoms with Crippen molar-refractivity contribution in [3.63, 3.8) is 0 Å². The Hall–Kier alpha value is -2.21. The van der Waals surface area contributed by atoms with Gasteiger partial charge in [0.1, 0.15) is 0 Å². The molecule has 3 aromatic rings. The topological polar surface area (TPSA) is 50.2 Å². The van der Waals surface area contributed by atoms with Crippen molar-refractivity contribution in [1.82, 2.24) is 19.8 Å². The number of nitrogens with one attached hydrogen (secondary N) is 1. The number of likely N-dealkylation sites (tertiary alicyclic amines) is 1. The van der Waals surface area contributed by atoms with Gasteiger partial charge in [0.05, 0.1) is 11.0 Å². The van der Waals surface area contributed by atoms with E-state index in [9.17, 15) is 4.79 Å². The SMILES string of the molecule is O=c1ccc2ncccc2n1CCN1CCC(NCc2cccc(Cl)c2)CC1. The zero-order valence-corrected chi connectivity index (χ0v) is 16.6. The van der Waals surface area contributed by atoms with Crippen LogP contribution in [0.3, 0.4) is 0 Å². The number of piperidine rings is 1. The Bertz CT molecular complexity index is 995. The third kappa shape index (κ3) is 4.61. The van der Waals surface area contributed by atoms with Crippen LogP contribution in [0.15, 0.2) is 59.5 Å². The fourth-order valence-electron chi connectivity index (χ4n) is 3.87. The second kappa shape index (κ2) is 8.86. The molecule has 4 rings (SSSR count). The molecule has 3 heterocycles. The number of fused-ring (bicyclic) bond motifs is 1. The van der Waals surface area contributed by atoms with Crippen LogP contribution in [0.1, 0.15) is 18.4 Å². The van der Waals surface area contributed by atoms with E-state index in [4.69, 9.17) is 11.6 Å². The molecule has 1 aliphatic rings. The summed E-state index contributed by atoms with van der Waals surface area (Å²) in [5, 5.41) is 4.43. The molecule has 0 bridgehead atoms. The number of halogens is 1. The number of hydrogen-bond acceptors (Lipinski definition) is 4. The summed E-state index contributed by atoms with van der Waals surface area (Å²) < 4.78 is 1.84. The van der Waals surface area contributed by atoms with Gasteiger partial charge in [-0.15, -0.1) is 0 Å². The number of aromatic nitrogens is 2. The molecule has 0 amide bonds. The number of nitrogens with zero attached hydrogens (tertiary/aromatic N) is 3. The first-order valence-electron chi connectivity index (χ1n) is 9.84. The molecule has 2 aromatic heterocycles. The summed E-state index contributed by atoms with van der Waals surface area (Å²) in [5.41, 5.74) is 3.04. The van der Waals surface area contributed by atoms with Crippen LogP contribution < -0.4 is 10.9 Å². The lowest BCUT2D eigenvalue weighted by atomic mass is 10.0. The third-order valence-corrected chi connectivity index (χ3v) is 5.70. The Balaban J connectivity index is 1.28. The summed E-state index contributed by atoms with van der Waals surface area (Å²) in [6.07, 6.45) is 4.00. The minimum absolute atomic E-state index is 0.0403. The standard InChI is InChI=1S/C22H25ClN4O/c23-18-4-1-3-17(15-18)16-25-19-8-11-26(12-9-19)13-14-27-21-5-2-10-24-20(21)6-7-22(27)28/h1-7,10,15,19,25H,8-9,11-14,16H2. The molecule has 28 heavy (non-hydrogen) atoms. The van der Waals surface area contributed by atoms with Crippen LogP contribution in [0.25, 0.3) is 11.0 Å². The number of hydrogen-bond donors (Lipinski definition) is 1. The third-order valence-electron chi connectivity index (χ3n) is 5.47. The fourth-order valence-corrected chi connectivity index (χ4v) is 4.08. The number of pyridine rings is 2. The van der Waals surface area contributed by atoms with Gasteiger partial charge in [0.15, 0.2) is 0 Å². The Morgan fingerprint density at radius 2 is 1.93 bits per heavy atom. The van der Waals surface area contributed by atoms with Crippen LogP contribution >= 0.6 is 11.6 Å². The number of rotatable bonds is 6. The fraction of sp³-hybridized carbons (Fsp3) is 0.364. The summed E-state index contributed by atoms with van der Waals surface area (Å²) in [4.78, 5) is 19.1. The van der Waals surface area contributed by atoms with Crippen LogP contribution in [0, 0.1) is 0 Å². The van der Waals surface area contributed by atoms with Gasteiger partial charge in [0.2, 0.25) is 0 Å². The van der Waals surface area contributed by atoms with E-state index in [0.717, 1.165) is 55.1 Å². The van der Waals surface area contributed by atoms with Crippen LogP contribution in [0.5, 0.6) is 0 Å². The van der Waals surface area contributed by atoms with E-state index < -0.39 is 0 Å². The van der Waals surface area contributed by atoms with Gasteiger partial charge >= 0.3 is 0 Å². The van der Waals surface area contributed by atoms with Gasteiger partial charge in [-0.1, -0.05) is 23.7 Å². The molecule has 0 aliphatic carbocycles. The van der Waals surface area contributed by atoms with Gasteiger partial charge < -0.3 is 14.8 Å². The molecule has 1 aliphatic heterocycles. The van der Waals surface area contributed by atoms with Gasteiger partial charge in [-0.05, 0) is 61.8 Å². The van der Waals surface area contributed by atoms with Crippen LogP contribution in [-0.4, -0.2) is 40.1 Å². The molecule has 0 unspecified atom stereocenters. The molecule has 5 nitrogen and oxygen atoms in total. The monoisotopic (exact) mass is 396 g/mol. The zero-order valence-electron chi connectivity index (χ0n) is 15.9. The van der Waals surface area contributed by atoms with E-state index in [-0.39, 0.29) is 5.56 Å². The predicted molar refractivity (Wildman–Crippen MR) is 114 cm³/mol. The van der Waals surface area contributed by atoms with Gasteiger partial charge in [-0.3, -0.25) is 9.78 Å². The number of benzene rings is 1. The highest BCUT2D eigenvalue weighted by atomic mass is 35.5. The van der Waals surface area contributed by atoms with Gasteiger partial charge in [-0.2, -0.15) is 0 Å². The van der Waals surface area contributed by atoms with Crippen molar-refractivity contribution in [3.05, 3.63) is 75.7 Å². The molecule has 1 N–H and O–H groups in total. The lowest BCUT2D eigenvalue weighted by Gasteiger charge is -2.32. The second-order valence-electron chi connectivity index (χ2n) is 7.36. The Morgan fingerprint density at radius 3 is 2.75 bits per heavy atom. The second-order valence-corrected chi connectivity index (χ2v) is 7.79. The summed E-state index contributed by atoms with van der Waals surface area (Å²) in [6, 6.07) is 15.8. The zero-order chi connectivity index (χ0) is 19.3. The van der Waals surface area contributed by atoms with E-state index >= 15 is 0 Å². The predicted octanol–water partition coefficient (Wildman–Crippen LogP) is 3.30. The van der Waals surface area contributed by atoms with Crippen molar-refractivity contribution in [2.75, 3.05) is 19.6 Å². The molecule has 6 heteroatoms. The van der Waals surface area contributed by atoms with Crippen molar-refractivity contribution in [1.29, 1.82) is 0 Å². The molecule has 0 atom stereocenters.